The van der Waals surface area contributed by atoms with Gasteiger partial charge in [-0.05, 0) is 174 Å². The zero-order valence-electron chi connectivity index (χ0n) is 37.7. The third-order valence-corrected chi connectivity index (χ3v) is 15.3. The van der Waals surface area contributed by atoms with Crippen molar-refractivity contribution < 1.29 is 0 Å². The van der Waals surface area contributed by atoms with Crippen molar-refractivity contribution in [2.45, 2.75) is 103 Å². The maximum Gasteiger partial charge on any atom is 0.0448 e. The Bertz CT molecular complexity index is 2970. The van der Waals surface area contributed by atoms with Gasteiger partial charge in [-0.1, -0.05) is 143 Å². The van der Waals surface area contributed by atoms with E-state index >= 15 is 0 Å². The molecule has 0 fully saturated rings. The zero-order valence-corrected chi connectivity index (χ0v) is 37.7. The maximum absolute atomic E-state index is 2.59. The topological polar surface area (TPSA) is 6.48 Å². The van der Waals surface area contributed by atoms with E-state index in [-0.39, 0.29) is 21.9 Å². The Kier molecular flexibility index (Phi) is 8.56. The molecule has 0 bridgehead atoms. The smallest absolute Gasteiger partial charge is 0.0448 e. The highest BCUT2D eigenvalue weighted by molar-refractivity contribution is 5.88. The molecule has 2 heteroatoms. The lowest BCUT2D eigenvalue weighted by Gasteiger charge is -2.45. The standard InChI is InChI=1S/C60H58N2/c1-57(2)33-31-42-13-9-11-15-55(42)61(57)45-24-21-41(22-25-45)44-23-29-49-47-27-19-39(35-51(47)59(5,6)53(49)37-44)17-18-40-20-28-48-50-30-26-46(38-54(50)60(7,8)52(48)36-40)62-56-16-12-10-14-43(56)32-34-58(62,3)4/h9-30,35-38H,31-34H2,1-8H3/b18-17+. The fourth-order valence-corrected chi connectivity index (χ4v) is 11.6. The number of benzene rings is 7. The van der Waals surface area contributed by atoms with Crippen molar-refractivity contribution in [3.63, 3.8) is 0 Å². The van der Waals surface area contributed by atoms with Crippen LogP contribution < -0.4 is 9.80 Å². The second kappa shape index (κ2) is 13.7. The van der Waals surface area contributed by atoms with Gasteiger partial charge in [0.25, 0.3) is 0 Å². The molecule has 0 N–H and O–H groups in total. The minimum absolute atomic E-state index is 0.0427. The molecule has 62 heavy (non-hydrogen) atoms. The van der Waals surface area contributed by atoms with Gasteiger partial charge in [0, 0.05) is 44.7 Å². The Morgan fingerprint density at radius 2 is 0.790 bits per heavy atom. The van der Waals surface area contributed by atoms with E-state index in [1.54, 1.807) is 0 Å². The summed E-state index contributed by atoms with van der Waals surface area (Å²) in [6.07, 6.45) is 9.14. The number of rotatable bonds is 5. The number of aryl methyl sites for hydroxylation is 2. The van der Waals surface area contributed by atoms with Crippen LogP contribution in [0.1, 0.15) is 113 Å². The molecule has 0 aromatic heterocycles. The fraction of sp³-hybridized carbons (Fsp3) is 0.267. The van der Waals surface area contributed by atoms with Crippen LogP contribution in [0.2, 0.25) is 0 Å². The van der Waals surface area contributed by atoms with Crippen LogP contribution in [-0.2, 0) is 23.7 Å². The summed E-state index contributed by atoms with van der Waals surface area (Å²) in [5, 5.41) is 0. The van der Waals surface area contributed by atoms with E-state index in [0.29, 0.717) is 0 Å². The quantitative estimate of drug-likeness (QED) is 0.160. The second-order valence-corrected chi connectivity index (χ2v) is 20.8. The van der Waals surface area contributed by atoms with Gasteiger partial charge in [-0.25, -0.2) is 0 Å². The molecule has 2 aliphatic carbocycles. The normalized spacial score (nSPS) is 18.1. The first-order chi connectivity index (χ1) is 29.7. The molecular formula is C60H58N2. The van der Waals surface area contributed by atoms with Gasteiger partial charge in [-0.2, -0.15) is 0 Å². The summed E-state index contributed by atoms with van der Waals surface area (Å²) in [4.78, 5) is 5.13. The summed E-state index contributed by atoms with van der Waals surface area (Å²) in [6, 6.07) is 55.6. The van der Waals surface area contributed by atoms with E-state index in [0.717, 1.165) is 25.7 Å². The molecule has 2 heterocycles. The number of hydrogen-bond acceptors (Lipinski definition) is 2. The largest absolute Gasteiger partial charge is 0.336 e. The van der Waals surface area contributed by atoms with Crippen LogP contribution in [0.5, 0.6) is 0 Å². The Hall–Kier alpha value is -6.12. The third-order valence-electron chi connectivity index (χ3n) is 15.3. The second-order valence-electron chi connectivity index (χ2n) is 20.8. The Morgan fingerprint density at radius 3 is 1.32 bits per heavy atom. The van der Waals surface area contributed by atoms with Gasteiger partial charge in [-0.15, -0.1) is 0 Å². The molecule has 2 nitrogen and oxygen atoms in total. The van der Waals surface area contributed by atoms with E-state index in [9.17, 15) is 0 Å². The molecular weight excluding hydrogens is 749 g/mol. The van der Waals surface area contributed by atoms with Crippen molar-refractivity contribution in [1.82, 2.24) is 0 Å². The molecule has 4 aliphatic rings. The lowest BCUT2D eigenvalue weighted by Crippen LogP contribution is -2.44. The number of fused-ring (bicyclic) bond motifs is 8. The van der Waals surface area contributed by atoms with Gasteiger partial charge in [0.05, 0.1) is 0 Å². The molecule has 0 unspecified atom stereocenters. The van der Waals surface area contributed by atoms with Crippen LogP contribution in [0.4, 0.5) is 22.7 Å². The SMILES string of the molecule is CC1(C)c2cc(/C=C/c3ccc4c(c3)C(C)(C)c3cc(N5c6ccccc6CCC5(C)C)ccc3-4)ccc2-c2ccc(-c3ccc(N4c5ccccc5CCC4(C)C)cc3)cc21. The summed E-state index contributed by atoms with van der Waals surface area (Å²) in [7, 11) is 0. The zero-order chi connectivity index (χ0) is 42.8. The van der Waals surface area contributed by atoms with E-state index in [1.165, 1.54) is 101 Å². The van der Waals surface area contributed by atoms with Gasteiger partial charge in [0.1, 0.15) is 0 Å². The summed E-state index contributed by atoms with van der Waals surface area (Å²) >= 11 is 0. The number of hydrogen-bond donors (Lipinski definition) is 0. The van der Waals surface area contributed by atoms with Crippen LogP contribution in [0.15, 0.2) is 146 Å². The molecule has 0 amide bonds. The van der Waals surface area contributed by atoms with Crippen molar-refractivity contribution in [2.75, 3.05) is 9.80 Å². The molecule has 7 aromatic carbocycles. The van der Waals surface area contributed by atoms with Crippen molar-refractivity contribution in [1.29, 1.82) is 0 Å². The number of anilines is 4. The van der Waals surface area contributed by atoms with Crippen LogP contribution in [0.3, 0.4) is 0 Å². The monoisotopic (exact) mass is 806 g/mol. The average Bonchev–Trinajstić information content (AvgIpc) is 3.63. The highest BCUT2D eigenvalue weighted by atomic mass is 15.2. The van der Waals surface area contributed by atoms with E-state index in [1.807, 2.05) is 0 Å². The molecule has 0 saturated carbocycles. The lowest BCUT2D eigenvalue weighted by molar-refractivity contribution is 0.447. The van der Waals surface area contributed by atoms with Crippen LogP contribution in [-0.4, -0.2) is 11.1 Å². The first kappa shape index (κ1) is 38.8. The van der Waals surface area contributed by atoms with Gasteiger partial charge in [-0.3, -0.25) is 0 Å². The molecule has 11 rings (SSSR count). The predicted octanol–water partition coefficient (Wildman–Crippen LogP) is 15.9. The molecule has 0 spiro atoms. The minimum atomic E-state index is -0.111. The minimum Gasteiger partial charge on any atom is -0.336 e. The molecule has 0 saturated heterocycles. The van der Waals surface area contributed by atoms with Gasteiger partial charge in [0.15, 0.2) is 0 Å². The summed E-state index contributed by atoms with van der Waals surface area (Å²) in [5.41, 5.74) is 24.0. The first-order valence-corrected chi connectivity index (χ1v) is 22.8. The van der Waals surface area contributed by atoms with Gasteiger partial charge in [0.2, 0.25) is 0 Å². The average molecular weight is 807 g/mol. The molecule has 2 aliphatic heterocycles. The number of nitrogens with zero attached hydrogens (tertiary/aromatic N) is 2. The van der Waals surface area contributed by atoms with Crippen LogP contribution in [0, 0.1) is 0 Å². The maximum atomic E-state index is 2.59. The summed E-state index contributed by atoms with van der Waals surface area (Å²) in [6.45, 7) is 19.1. The van der Waals surface area contributed by atoms with Gasteiger partial charge < -0.3 is 9.80 Å². The Labute approximate surface area is 369 Å². The highest BCUT2D eigenvalue weighted by Crippen LogP contribution is 2.53. The van der Waals surface area contributed by atoms with Crippen molar-refractivity contribution in [2.24, 2.45) is 0 Å². The molecule has 0 atom stereocenters. The highest BCUT2D eigenvalue weighted by Gasteiger charge is 2.40. The van der Waals surface area contributed by atoms with Crippen molar-refractivity contribution >= 4 is 34.9 Å². The van der Waals surface area contributed by atoms with E-state index in [4.69, 9.17) is 0 Å². The summed E-state index contributed by atoms with van der Waals surface area (Å²) < 4.78 is 0. The third kappa shape index (κ3) is 5.97. The van der Waals surface area contributed by atoms with Crippen LogP contribution in [0.25, 0.3) is 45.5 Å². The number of para-hydroxylation sites is 2. The Morgan fingerprint density at radius 1 is 0.387 bits per heavy atom. The van der Waals surface area contributed by atoms with Crippen molar-refractivity contribution in [3.8, 4) is 33.4 Å². The summed E-state index contributed by atoms with van der Waals surface area (Å²) in [5.74, 6) is 0. The molecule has 7 aromatic rings. The van der Waals surface area contributed by atoms with Crippen molar-refractivity contribution in [3.05, 3.63) is 190 Å². The van der Waals surface area contributed by atoms with E-state index in [2.05, 4.69) is 223 Å². The predicted molar refractivity (Wildman–Crippen MR) is 264 cm³/mol. The lowest BCUT2D eigenvalue weighted by atomic mass is 9.81. The van der Waals surface area contributed by atoms with E-state index < -0.39 is 0 Å². The first-order valence-electron chi connectivity index (χ1n) is 22.8. The Balaban J connectivity index is 0.846. The molecule has 308 valence electrons. The molecule has 0 radical (unpaired) electrons. The van der Waals surface area contributed by atoms with Gasteiger partial charge >= 0.3 is 0 Å². The fourth-order valence-electron chi connectivity index (χ4n) is 11.6. The van der Waals surface area contributed by atoms with Crippen LogP contribution >= 0.6 is 0 Å².